The predicted molar refractivity (Wildman–Crippen MR) is 81.0 cm³/mol. The van der Waals surface area contributed by atoms with Crippen LogP contribution in [-0.2, 0) is 0 Å². The van der Waals surface area contributed by atoms with Crippen molar-refractivity contribution in [2.75, 3.05) is 26.7 Å². The van der Waals surface area contributed by atoms with Gasteiger partial charge in [0, 0.05) is 12.6 Å². The lowest BCUT2D eigenvalue weighted by atomic mass is 10.1. The van der Waals surface area contributed by atoms with Gasteiger partial charge in [-0.25, -0.2) is 0 Å². The molecule has 1 saturated heterocycles. The minimum Gasteiger partial charge on any atom is -0.384 e. The van der Waals surface area contributed by atoms with E-state index in [4.69, 9.17) is 5.11 Å². The first-order valence-corrected chi connectivity index (χ1v) is 7.61. The highest BCUT2D eigenvalue weighted by atomic mass is 32.1. The van der Waals surface area contributed by atoms with Gasteiger partial charge in [-0.3, -0.25) is 4.79 Å². The number of amides is 1. The molecule has 0 spiro atoms. The Morgan fingerprint density at radius 3 is 3.15 bits per heavy atom. The number of hydrogen-bond donors (Lipinski definition) is 2. The molecule has 1 atom stereocenters. The highest BCUT2D eigenvalue weighted by molar-refractivity contribution is 7.14. The number of nitrogens with one attached hydrogen (secondary N) is 1. The topological polar surface area (TPSA) is 52.6 Å². The van der Waals surface area contributed by atoms with E-state index < -0.39 is 0 Å². The van der Waals surface area contributed by atoms with E-state index in [0.29, 0.717) is 4.88 Å². The van der Waals surface area contributed by atoms with Crippen LogP contribution in [0.3, 0.4) is 0 Å². The van der Waals surface area contributed by atoms with Crippen LogP contribution >= 0.6 is 11.3 Å². The third kappa shape index (κ3) is 3.83. The second-order valence-electron chi connectivity index (χ2n) is 5.16. The first kappa shape index (κ1) is 15.0. The van der Waals surface area contributed by atoms with Crippen molar-refractivity contribution in [2.24, 2.45) is 0 Å². The molecule has 0 bridgehead atoms. The number of likely N-dealkylation sites (N-methyl/N-ethyl adjacent to an activating group) is 1. The predicted octanol–water partition coefficient (Wildman–Crippen LogP) is 1.22. The molecule has 20 heavy (non-hydrogen) atoms. The highest BCUT2D eigenvalue weighted by Gasteiger charge is 2.20. The summed E-state index contributed by atoms with van der Waals surface area (Å²) < 4.78 is 0. The summed E-state index contributed by atoms with van der Waals surface area (Å²) in [6, 6.07) is 2.10. The molecule has 2 heterocycles. The van der Waals surface area contributed by atoms with E-state index in [0.717, 1.165) is 36.4 Å². The van der Waals surface area contributed by atoms with E-state index in [1.54, 1.807) is 0 Å². The van der Waals surface area contributed by atoms with Crippen molar-refractivity contribution in [3.63, 3.8) is 0 Å². The molecule has 4 nitrogen and oxygen atoms in total. The van der Waals surface area contributed by atoms with Crippen molar-refractivity contribution < 1.29 is 9.90 Å². The highest BCUT2D eigenvalue weighted by Crippen LogP contribution is 2.21. The number of aryl methyl sites for hydroxylation is 1. The molecule has 5 heteroatoms. The molecule has 1 unspecified atom stereocenters. The molecular weight excluding hydrogens is 272 g/mol. The standard InChI is InChI=1S/C15H20N2O2S/c1-11-9-14(20-13(11)6-4-8-18)15(19)16-12-5-3-7-17(2)10-12/h9,12,18H,3,5,7-8,10H2,1-2H3,(H,16,19). The van der Waals surface area contributed by atoms with Crippen LogP contribution in [0.5, 0.6) is 0 Å². The minimum absolute atomic E-state index is 0.0181. The number of carbonyl (C=O) groups is 1. The van der Waals surface area contributed by atoms with Crippen molar-refractivity contribution in [1.29, 1.82) is 0 Å². The van der Waals surface area contributed by atoms with E-state index >= 15 is 0 Å². The minimum atomic E-state index is -0.159. The van der Waals surface area contributed by atoms with Crippen molar-refractivity contribution in [2.45, 2.75) is 25.8 Å². The molecular formula is C15H20N2O2S. The van der Waals surface area contributed by atoms with Gasteiger partial charge in [0.1, 0.15) is 6.61 Å². The van der Waals surface area contributed by atoms with Crippen molar-refractivity contribution in [3.8, 4) is 11.8 Å². The zero-order chi connectivity index (χ0) is 14.5. The second kappa shape index (κ2) is 6.89. The van der Waals surface area contributed by atoms with Gasteiger partial charge in [0.15, 0.2) is 0 Å². The zero-order valence-electron chi connectivity index (χ0n) is 11.9. The molecule has 1 amide bonds. The van der Waals surface area contributed by atoms with Gasteiger partial charge in [0.25, 0.3) is 5.91 Å². The molecule has 1 aromatic rings. The summed E-state index contributed by atoms with van der Waals surface area (Å²) >= 11 is 1.39. The maximum Gasteiger partial charge on any atom is 0.261 e. The number of aliphatic hydroxyl groups is 1. The number of likely N-dealkylation sites (tertiary alicyclic amines) is 1. The SMILES string of the molecule is Cc1cc(C(=O)NC2CCCN(C)C2)sc1C#CCO. The lowest BCUT2D eigenvalue weighted by Crippen LogP contribution is -2.46. The van der Waals surface area contributed by atoms with Gasteiger partial charge in [-0.1, -0.05) is 11.8 Å². The van der Waals surface area contributed by atoms with Crippen LogP contribution in [0.25, 0.3) is 0 Å². The Balaban J connectivity index is 2.02. The molecule has 2 rings (SSSR count). The van der Waals surface area contributed by atoms with Gasteiger partial charge >= 0.3 is 0 Å². The summed E-state index contributed by atoms with van der Waals surface area (Å²) in [5.74, 6) is 5.48. The fraction of sp³-hybridized carbons (Fsp3) is 0.533. The fourth-order valence-electron chi connectivity index (χ4n) is 2.38. The molecule has 108 valence electrons. The smallest absolute Gasteiger partial charge is 0.261 e. The monoisotopic (exact) mass is 292 g/mol. The number of nitrogens with zero attached hydrogens (tertiary/aromatic N) is 1. The van der Waals surface area contributed by atoms with E-state index in [2.05, 4.69) is 29.1 Å². The molecule has 1 aliphatic heterocycles. The number of rotatable bonds is 2. The third-order valence-electron chi connectivity index (χ3n) is 3.38. The number of aliphatic hydroxyl groups excluding tert-OH is 1. The number of hydrogen-bond acceptors (Lipinski definition) is 4. The molecule has 0 saturated carbocycles. The molecule has 1 aromatic heterocycles. The zero-order valence-corrected chi connectivity index (χ0v) is 12.7. The normalized spacial score (nSPS) is 19.2. The summed E-state index contributed by atoms with van der Waals surface area (Å²) in [5.41, 5.74) is 0.988. The van der Waals surface area contributed by atoms with Gasteiger partial charge in [-0.15, -0.1) is 11.3 Å². The second-order valence-corrected chi connectivity index (χ2v) is 6.21. The van der Waals surface area contributed by atoms with Gasteiger partial charge in [0.05, 0.1) is 9.75 Å². The fourth-order valence-corrected chi connectivity index (χ4v) is 3.33. The average Bonchev–Trinajstić information content (AvgIpc) is 2.78. The molecule has 1 aliphatic rings. The van der Waals surface area contributed by atoms with Crippen LogP contribution in [0.2, 0.25) is 0 Å². The Bertz CT molecular complexity index is 542. The molecule has 0 radical (unpaired) electrons. The van der Waals surface area contributed by atoms with Crippen LogP contribution in [0, 0.1) is 18.8 Å². The van der Waals surface area contributed by atoms with E-state index in [1.165, 1.54) is 11.3 Å². The Kier molecular flexibility index (Phi) is 5.18. The summed E-state index contributed by atoms with van der Waals surface area (Å²) in [5, 5.41) is 11.8. The van der Waals surface area contributed by atoms with E-state index in [1.807, 2.05) is 13.0 Å². The molecule has 1 fully saturated rings. The maximum absolute atomic E-state index is 12.2. The first-order chi connectivity index (χ1) is 9.60. The van der Waals surface area contributed by atoms with E-state index in [-0.39, 0.29) is 18.6 Å². The van der Waals surface area contributed by atoms with Crippen LogP contribution in [0.15, 0.2) is 6.07 Å². The van der Waals surface area contributed by atoms with Gasteiger partial charge in [-0.05, 0) is 45.0 Å². The lowest BCUT2D eigenvalue weighted by molar-refractivity contribution is 0.0916. The lowest BCUT2D eigenvalue weighted by Gasteiger charge is -2.30. The summed E-state index contributed by atoms with van der Waals surface area (Å²) in [4.78, 5) is 16.0. The number of carbonyl (C=O) groups excluding carboxylic acids is 1. The van der Waals surface area contributed by atoms with Crippen LogP contribution < -0.4 is 5.32 Å². The van der Waals surface area contributed by atoms with E-state index in [9.17, 15) is 4.79 Å². The van der Waals surface area contributed by atoms with Gasteiger partial charge in [0.2, 0.25) is 0 Å². The van der Waals surface area contributed by atoms with Crippen LogP contribution in [-0.4, -0.2) is 48.7 Å². The quantitative estimate of drug-likeness (QED) is 0.806. The Morgan fingerprint density at radius 2 is 2.45 bits per heavy atom. The molecule has 2 N–H and O–H groups in total. The Labute approximate surface area is 123 Å². The van der Waals surface area contributed by atoms with Gasteiger partial charge in [-0.2, -0.15) is 0 Å². The van der Waals surface area contributed by atoms with Crippen LogP contribution in [0.4, 0.5) is 0 Å². The largest absolute Gasteiger partial charge is 0.384 e. The van der Waals surface area contributed by atoms with Crippen molar-refractivity contribution in [1.82, 2.24) is 10.2 Å². The average molecular weight is 292 g/mol. The van der Waals surface area contributed by atoms with Crippen molar-refractivity contribution >= 4 is 17.2 Å². The summed E-state index contributed by atoms with van der Waals surface area (Å²) in [6.07, 6.45) is 2.16. The van der Waals surface area contributed by atoms with Gasteiger partial charge < -0.3 is 15.3 Å². The maximum atomic E-state index is 12.2. The molecule has 0 aliphatic carbocycles. The third-order valence-corrected chi connectivity index (χ3v) is 4.53. The van der Waals surface area contributed by atoms with Crippen LogP contribution in [0.1, 0.15) is 33.0 Å². The Hall–Kier alpha value is -1.35. The Morgan fingerprint density at radius 1 is 1.65 bits per heavy atom. The van der Waals surface area contributed by atoms with Crippen molar-refractivity contribution in [3.05, 3.63) is 21.4 Å². The number of thiophene rings is 1. The first-order valence-electron chi connectivity index (χ1n) is 6.79. The summed E-state index contributed by atoms with van der Waals surface area (Å²) in [6.45, 7) is 3.79. The summed E-state index contributed by atoms with van der Waals surface area (Å²) in [7, 11) is 2.08. The number of piperidine rings is 1. The molecule has 0 aromatic carbocycles.